The van der Waals surface area contributed by atoms with Crippen LogP contribution in [-0.4, -0.2) is 14.3 Å². The smallest absolute Gasteiger partial charge is 0.264 e. The van der Waals surface area contributed by atoms with Gasteiger partial charge in [0.1, 0.15) is 0 Å². The number of nitrogens with zero attached hydrogens (tertiary/aromatic N) is 1. The molecule has 5 aromatic rings. The fraction of sp³-hybridized carbons (Fsp3) is 0.0882. The molecule has 0 saturated heterocycles. The van der Waals surface area contributed by atoms with Gasteiger partial charge in [0.05, 0.1) is 28.7 Å². The van der Waals surface area contributed by atoms with Crippen molar-refractivity contribution in [2.75, 3.05) is 4.31 Å². The van der Waals surface area contributed by atoms with Crippen molar-refractivity contribution in [3.8, 4) is 0 Å². The number of carbonyl (C=O) groups excluding carboxylic acids is 1. The summed E-state index contributed by atoms with van der Waals surface area (Å²) < 4.78 is 29.3. The van der Waals surface area contributed by atoms with Crippen LogP contribution in [0.25, 0.3) is 0 Å². The number of hydrogen-bond donors (Lipinski definition) is 1. The maximum absolute atomic E-state index is 14.0. The summed E-state index contributed by atoms with van der Waals surface area (Å²) in [4.78, 5) is 14.2. The van der Waals surface area contributed by atoms with Gasteiger partial charge in [-0.25, -0.2) is 8.42 Å². The second-order valence-electron chi connectivity index (χ2n) is 9.50. The molecule has 0 aliphatic rings. The highest BCUT2D eigenvalue weighted by Crippen LogP contribution is 2.31. The van der Waals surface area contributed by atoms with Crippen LogP contribution in [0.3, 0.4) is 0 Å². The summed E-state index contributed by atoms with van der Waals surface area (Å²) in [6.07, 6.45) is 0. The fourth-order valence-electron chi connectivity index (χ4n) is 4.76. The van der Waals surface area contributed by atoms with E-state index in [0.29, 0.717) is 5.69 Å². The quantitative estimate of drug-likeness (QED) is 0.218. The van der Waals surface area contributed by atoms with E-state index >= 15 is 0 Å². The minimum Gasteiger partial charge on any atom is -0.341 e. The monoisotopic (exact) mass is 546 g/mol. The Morgan fingerprint density at radius 3 is 1.93 bits per heavy atom. The number of carbonyl (C=O) groups is 1. The van der Waals surface area contributed by atoms with Gasteiger partial charge in [0.2, 0.25) is 0 Å². The van der Waals surface area contributed by atoms with E-state index in [9.17, 15) is 13.2 Å². The van der Waals surface area contributed by atoms with Crippen LogP contribution >= 0.6 is 0 Å². The first-order valence-electron chi connectivity index (χ1n) is 13.1. The van der Waals surface area contributed by atoms with Crippen molar-refractivity contribution in [1.82, 2.24) is 5.32 Å². The molecule has 0 aliphatic carbocycles. The Balaban J connectivity index is 1.58. The maximum Gasteiger partial charge on any atom is 0.264 e. The predicted octanol–water partition coefficient (Wildman–Crippen LogP) is 6.91. The highest BCUT2D eigenvalue weighted by atomic mass is 32.2. The normalized spacial score (nSPS) is 11.9. The molecule has 1 N–H and O–H groups in total. The summed E-state index contributed by atoms with van der Waals surface area (Å²) in [7, 11) is -3.99. The molecule has 200 valence electrons. The number of anilines is 1. The Kier molecular flexibility index (Phi) is 8.08. The van der Waals surface area contributed by atoms with Gasteiger partial charge in [-0.15, -0.1) is 0 Å². The Morgan fingerprint density at radius 2 is 1.25 bits per heavy atom. The van der Waals surface area contributed by atoms with Crippen LogP contribution < -0.4 is 9.62 Å². The van der Waals surface area contributed by atoms with Crippen LogP contribution in [0, 0.1) is 6.92 Å². The van der Waals surface area contributed by atoms with Gasteiger partial charge < -0.3 is 5.32 Å². The molecule has 0 saturated carbocycles. The molecule has 1 amide bonds. The predicted molar refractivity (Wildman–Crippen MR) is 160 cm³/mol. The molecule has 0 aliphatic heterocycles. The molecule has 0 heterocycles. The lowest BCUT2D eigenvalue weighted by Gasteiger charge is -2.28. The number of amides is 1. The molecular formula is C34H30N2O3S. The molecule has 5 nitrogen and oxygen atoms in total. The highest BCUT2D eigenvalue weighted by Gasteiger charge is 2.29. The summed E-state index contributed by atoms with van der Waals surface area (Å²) in [6.45, 7) is 2.08. The van der Waals surface area contributed by atoms with Crippen molar-refractivity contribution in [2.45, 2.75) is 24.4 Å². The number of benzene rings is 5. The number of para-hydroxylation sites is 1. The second-order valence-corrected chi connectivity index (χ2v) is 11.4. The van der Waals surface area contributed by atoms with Crippen molar-refractivity contribution in [3.05, 3.63) is 167 Å². The molecule has 1 atom stereocenters. The number of rotatable bonds is 9. The maximum atomic E-state index is 14.0. The van der Waals surface area contributed by atoms with Crippen LogP contribution in [0.5, 0.6) is 0 Å². The molecule has 0 radical (unpaired) electrons. The molecule has 0 bridgehead atoms. The standard InChI is InChI=1S/C34H30N2O3S/c1-26-15-11-12-22-30(26)33(28-18-7-3-8-19-28)35-34(37)31-23-13-14-24-32(31)36(25-27-16-5-2-6-17-27)40(38,39)29-20-9-4-10-21-29/h2-24,33H,25H2,1H3,(H,35,37). The van der Waals surface area contributed by atoms with Crippen LogP contribution in [0.2, 0.25) is 0 Å². The Bertz CT molecular complexity index is 1690. The Hall–Kier alpha value is -4.68. The third-order valence-electron chi connectivity index (χ3n) is 6.83. The lowest BCUT2D eigenvalue weighted by atomic mass is 9.94. The molecule has 5 rings (SSSR count). The minimum absolute atomic E-state index is 0.0717. The summed E-state index contributed by atoms with van der Waals surface area (Å²) in [5.41, 5.74) is 4.33. The zero-order chi connectivity index (χ0) is 28.0. The largest absolute Gasteiger partial charge is 0.341 e. The van der Waals surface area contributed by atoms with Gasteiger partial charge in [-0.3, -0.25) is 9.10 Å². The van der Waals surface area contributed by atoms with Gasteiger partial charge in [0.25, 0.3) is 15.9 Å². The number of aryl methyl sites for hydroxylation is 1. The Morgan fingerprint density at radius 1 is 0.700 bits per heavy atom. The van der Waals surface area contributed by atoms with Crippen LogP contribution in [0.1, 0.15) is 38.7 Å². The molecule has 40 heavy (non-hydrogen) atoms. The van der Waals surface area contributed by atoms with Crippen LogP contribution in [0.4, 0.5) is 5.69 Å². The van der Waals surface area contributed by atoms with E-state index in [-0.39, 0.29) is 22.9 Å². The van der Waals surface area contributed by atoms with Crippen LogP contribution in [-0.2, 0) is 16.6 Å². The van der Waals surface area contributed by atoms with Crippen LogP contribution in [0.15, 0.2) is 144 Å². The molecular weight excluding hydrogens is 516 g/mol. The third-order valence-corrected chi connectivity index (χ3v) is 8.60. The van der Waals surface area contributed by atoms with E-state index < -0.39 is 16.1 Å². The zero-order valence-corrected chi connectivity index (χ0v) is 23.0. The summed E-state index contributed by atoms with van der Waals surface area (Å²) in [5.74, 6) is -0.367. The fourth-order valence-corrected chi connectivity index (χ4v) is 6.25. The van der Waals surface area contributed by atoms with E-state index in [0.717, 1.165) is 22.3 Å². The first-order chi connectivity index (χ1) is 19.4. The molecule has 1 unspecified atom stereocenters. The minimum atomic E-state index is -3.99. The van der Waals surface area contributed by atoms with Crippen molar-refractivity contribution in [3.63, 3.8) is 0 Å². The lowest BCUT2D eigenvalue weighted by molar-refractivity contribution is 0.0943. The number of sulfonamides is 1. The molecule has 0 fully saturated rings. The Labute approximate surface area is 235 Å². The zero-order valence-electron chi connectivity index (χ0n) is 22.1. The van der Waals surface area contributed by atoms with Gasteiger partial charge in [-0.1, -0.05) is 115 Å². The first kappa shape index (κ1) is 26.9. The van der Waals surface area contributed by atoms with Gasteiger partial charge >= 0.3 is 0 Å². The number of hydrogen-bond acceptors (Lipinski definition) is 3. The number of nitrogens with one attached hydrogen (secondary N) is 1. The average molecular weight is 547 g/mol. The SMILES string of the molecule is Cc1ccccc1C(NC(=O)c1ccccc1N(Cc1ccccc1)S(=O)(=O)c1ccccc1)c1ccccc1. The summed E-state index contributed by atoms with van der Waals surface area (Å²) in [6, 6.07) is 41.8. The van der Waals surface area contributed by atoms with E-state index in [1.807, 2.05) is 91.9 Å². The average Bonchev–Trinajstić information content (AvgIpc) is 3.00. The highest BCUT2D eigenvalue weighted by molar-refractivity contribution is 7.92. The van der Waals surface area contributed by atoms with Crippen molar-refractivity contribution < 1.29 is 13.2 Å². The van der Waals surface area contributed by atoms with Gasteiger partial charge in [-0.05, 0) is 53.4 Å². The van der Waals surface area contributed by atoms with E-state index in [4.69, 9.17) is 0 Å². The lowest BCUT2D eigenvalue weighted by Crippen LogP contribution is -2.35. The van der Waals surface area contributed by atoms with E-state index in [1.165, 1.54) is 4.31 Å². The van der Waals surface area contributed by atoms with E-state index in [2.05, 4.69) is 5.32 Å². The van der Waals surface area contributed by atoms with Gasteiger partial charge in [-0.2, -0.15) is 0 Å². The van der Waals surface area contributed by atoms with Crippen molar-refractivity contribution in [2.24, 2.45) is 0 Å². The van der Waals surface area contributed by atoms with Crippen molar-refractivity contribution >= 4 is 21.6 Å². The van der Waals surface area contributed by atoms with Gasteiger partial charge in [0, 0.05) is 0 Å². The van der Waals surface area contributed by atoms with Gasteiger partial charge in [0.15, 0.2) is 0 Å². The summed E-state index contributed by atoms with van der Waals surface area (Å²) >= 11 is 0. The first-order valence-corrected chi connectivity index (χ1v) is 14.5. The topological polar surface area (TPSA) is 66.5 Å². The van der Waals surface area contributed by atoms with E-state index in [1.54, 1.807) is 54.6 Å². The molecule has 6 heteroatoms. The summed E-state index contributed by atoms with van der Waals surface area (Å²) in [5, 5.41) is 3.20. The second kappa shape index (κ2) is 12.0. The molecule has 0 aromatic heterocycles. The molecule has 5 aromatic carbocycles. The van der Waals surface area contributed by atoms with Crippen molar-refractivity contribution in [1.29, 1.82) is 0 Å². The third kappa shape index (κ3) is 5.82. The molecule has 0 spiro atoms.